The van der Waals surface area contributed by atoms with Crippen molar-refractivity contribution in [3.05, 3.63) is 41.1 Å². The van der Waals surface area contributed by atoms with Gasteiger partial charge in [-0.3, -0.25) is 4.90 Å². The van der Waals surface area contributed by atoms with E-state index in [2.05, 4.69) is 20.2 Å². The summed E-state index contributed by atoms with van der Waals surface area (Å²) in [4.78, 5) is 11.1. The lowest BCUT2D eigenvalue weighted by Crippen LogP contribution is -2.56. The molecule has 1 N–H and O–H groups in total. The second kappa shape index (κ2) is 10.4. The van der Waals surface area contributed by atoms with Crippen molar-refractivity contribution in [3.63, 3.8) is 0 Å². The lowest BCUT2D eigenvalue weighted by Gasteiger charge is -2.41. The number of aromatic nitrogens is 2. The van der Waals surface area contributed by atoms with E-state index in [9.17, 15) is 4.39 Å². The predicted molar refractivity (Wildman–Crippen MR) is 132 cm³/mol. The molecular weight excluding hydrogens is 498 g/mol. The fourth-order valence-corrected chi connectivity index (χ4v) is 4.96. The fourth-order valence-electron chi connectivity index (χ4n) is 4.49. The van der Waals surface area contributed by atoms with E-state index < -0.39 is 11.3 Å². The molecule has 1 aliphatic carbocycles. The Morgan fingerprint density at radius 1 is 1.26 bits per heavy atom. The largest absolute Gasteiger partial charge is 0.493 e. The number of allylic oxidation sites excluding steroid dienone is 3. The summed E-state index contributed by atoms with van der Waals surface area (Å²) in [5.41, 5.74) is 0.834. The number of nitrogens with zero attached hydrogens (tertiary/aromatic N) is 3. The molecule has 0 spiro atoms. The average Bonchev–Trinajstić information content (AvgIpc) is 2.88. The number of fused-ring (bicyclic) bond motifs is 2. The molecule has 2 aliphatic heterocycles. The van der Waals surface area contributed by atoms with E-state index in [-0.39, 0.29) is 17.6 Å². The minimum Gasteiger partial charge on any atom is -0.493 e. The highest BCUT2D eigenvalue weighted by Gasteiger charge is 2.32. The molecule has 1 aromatic heterocycles. The Morgan fingerprint density at radius 2 is 2.11 bits per heavy atom. The first kappa shape index (κ1) is 24.5. The van der Waals surface area contributed by atoms with Gasteiger partial charge in [0.15, 0.2) is 11.5 Å². The molecule has 2 aromatic rings. The topological polar surface area (TPSA) is 78.0 Å². The zero-order chi connectivity index (χ0) is 24.5. The monoisotopic (exact) mass is 524 g/mol. The normalized spacial score (nSPS) is 27.4. The maximum atomic E-state index is 14.9. The number of hydrogen-bond acceptors (Lipinski definition) is 8. The molecule has 1 aromatic carbocycles. The number of alkyl halides is 1. The smallest absolute Gasteiger partial charge is 0.163 e. The molecule has 5 rings (SSSR count). The number of methoxy groups -OCH3 is 1. The van der Waals surface area contributed by atoms with Crippen LogP contribution in [0.3, 0.4) is 0 Å². The van der Waals surface area contributed by atoms with Gasteiger partial charge in [0, 0.05) is 35.5 Å². The van der Waals surface area contributed by atoms with Crippen molar-refractivity contribution in [3.8, 4) is 11.5 Å². The quantitative estimate of drug-likeness (QED) is 0.566. The summed E-state index contributed by atoms with van der Waals surface area (Å²) < 4.78 is 38.1. The molecular formula is C24H27Cl2FN4O4. The van der Waals surface area contributed by atoms with Crippen LogP contribution in [0, 0.1) is 5.92 Å². The molecule has 3 heterocycles. The van der Waals surface area contributed by atoms with E-state index >= 15 is 0 Å². The van der Waals surface area contributed by atoms with Crippen LogP contribution in [0.15, 0.2) is 41.1 Å². The maximum Gasteiger partial charge on any atom is 0.163 e. The Bertz CT molecular complexity index is 1160. The predicted octanol–water partition coefficient (Wildman–Crippen LogP) is 4.09. The highest BCUT2D eigenvalue weighted by atomic mass is 35.5. The van der Waals surface area contributed by atoms with E-state index in [0.717, 1.165) is 19.7 Å². The Hall–Kier alpha value is -2.17. The van der Waals surface area contributed by atoms with Gasteiger partial charge < -0.3 is 24.3 Å². The van der Waals surface area contributed by atoms with Gasteiger partial charge >= 0.3 is 0 Å². The van der Waals surface area contributed by atoms with Crippen molar-refractivity contribution in [2.45, 2.75) is 24.4 Å². The maximum absolute atomic E-state index is 14.9. The third kappa shape index (κ3) is 5.06. The van der Waals surface area contributed by atoms with Gasteiger partial charge in [0.25, 0.3) is 0 Å². The molecule has 11 heteroatoms. The number of ether oxygens (including phenoxy) is 4. The first-order valence-electron chi connectivity index (χ1n) is 11.5. The summed E-state index contributed by atoms with van der Waals surface area (Å²) in [6.45, 7) is 5.82. The van der Waals surface area contributed by atoms with Crippen molar-refractivity contribution in [1.82, 2.24) is 14.9 Å². The SMILES string of the molecule is COc1cc2c(NC3=C(F)C(C)C(Cl)C(Cl)=C3)ncnc2cc1OC[C@H]1CN2CCOC[C@H]2CO1. The number of nitrogens with one attached hydrogen (secondary N) is 1. The van der Waals surface area contributed by atoms with Gasteiger partial charge in [0.1, 0.15) is 30.7 Å². The number of rotatable bonds is 6. The third-order valence-electron chi connectivity index (χ3n) is 6.55. The van der Waals surface area contributed by atoms with Crippen molar-refractivity contribution < 1.29 is 23.3 Å². The summed E-state index contributed by atoms with van der Waals surface area (Å²) >= 11 is 12.4. The first-order valence-corrected chi connectivity index (χ1v) is 12.3. The van der Waals surface area contributed by atoms with Gasteiger partial charge in [-0.1, -0.05) is 18.5 Å². The fraction of sp³-hybridized carbons (Fsp3) is 0.500. The summed E-state index contributed by atoms with van der Waals surface area (Å²) in [6, 6.07) is 3.87. The van der Waals surface area contributed by atoms with Crippen LogP contribution < -0.4 is 14.8 Å². The van der Waals surface area contributed by atoms with Crippen LogP contribution in [0.25, 0.3) is 10.9 Å². The van der Waals surface area contributed by atoms with Crippen molar-refractivity contribution in [1.29, 1.82) is 0 Å². The molecule has 3 aliphatic rings. The van der Waals surface area contributed by atoms with Crippen molar-refractivity contribution in [2.75, 3.05) is 51.9 Å². The number of hydrogen-bond donors (Lipinski definition) is 1. The Balaban J connectivity index is 1.35. The molecule has 4 atom stereocenters. The van der Waals surface area contributed by atoms with Crippen LogP contribution in [-0.4, -0.2) is 79.0 Å². The molecule has 0 radical (unpaired) electrons. The molecule has 2 saturated heterocycles. The average molecular weight is 525 g/mol. The highest BCUT2D eigenvalue weighted by molar-refractivity contribution is 6.37. The van der Waals surface area contributed by atoms with Gasteiger partial charge in [0.05, 0.1) is 49.6 Å². The minimum atomic E-state index is -0.605. The number of halogens is 3. The molecule has 188 valence electrons. The van der Waals surface area contributed by atoms with Crippen molar-refractivity contribution >= 4 is 39.9 Å². The van der Waals surface area contributed by atoms with Gasteiger partial charge in [0.2, 0.25) is 0 Å². The summed E-state index contributed by atoms with van der Waals surface area (Å²) in [5.74, 6) is 0.523. The summed E-state index contributed by atoms with van der Waals surface area (Å²) in [6.07, 6.45) is 2.84. The Kier molecular flexibility index (Phi) is 7.31. The second-order valence-electron chi connectivity index (χ2n) is 8.84. The van der Waals surface area contributed by atoms with Gasteiger partial charge in [-0.05, 0) is 12.1 Å². The molecule has 0 amide bonds. The highest BCUT2D eigenvalue weighted by Crippen LogP contribution is 2.38. The molecule has 0 bridgehead atoms. The van der Waals surface area contributed by atoms with Gasteiger partial charge in [-0.15, -0.1) is 11.6 Å². The third-order valence-corrected chi connectivity index (χ3v) is 7.62. The van der Waals surface area contributed by atoms with Gasteiger partial charge in [-0.2, -0.15) is 0 Å². The van der Waals surface area contributed by atoms with Crippen LogP contribution in [0.2, 0.25) is 0 Å². The zero-order valence-electron chi connectivity index (χ0n) is 19.5. The van der Waals surface area contributed by atoms with E-state index in [1.165, 1.54) is 12.4 Å². The Morgan fingerprint density at radius 3 is 2.94 bits per heavy atom. The second-order valence-corrected chi connectivity index (χ2v) is 9.75. The Labute approximate surface area is 213 Å². The zero-order valence-corrected chi connectivity index (χ0v) is 21.0. The summed E-state index contributed by atoms with van der Waals surface area (Å²) in [5, 5.41) is 3.44. The lowest BCUT2D eigenvalue weighted by molar-refractivity contribution is -0.124. The molecule has 2 fully saturated rings. The molecule has 2 unspecified atom stereocenters. The molecule has 35 heavy (non-hydrogen) atoms. The van der Waals surface area contributed by atoms with Crippen LogP contribution in [-0.2, 0) is 9.47 Å². The van der Waals surface area contributed by atoms with E-state index in [0.29, 0.717) is 59.1 Å². The number of morpholine rings is 2. The van der Waals surface area contributed by atoms with Crippen LogP contribution in [0.1, 0.15) is 6.92 Å². The van der Waals surface area contributed by atoms with Crippen LogP contribution >= 0.6 is 23.2 Å². The van der Waals surface area contributed by atoms with Crippen molar-refractivity contribution in [2.24, 2.45) is 5.92 Å². The van der Waals surface area contributed by atoms with Crippen LogP contribution in [0.4, 0.5) is 10.2 Å². The molecule has 0 saturated carbocycles. The number of anilines is 1. The van der Waals surface area contributed by atoms with E-state index in [1.54, 1.807) is 26.2 Å². The van der Waals surface area contributed by atoms with Crippen LogP contribution in [0.5, 0.6) is 11.5 Å². The summed E-state index contributed by atoms with van der Waals surface area (Å²) in [7, 11) is 1.56. The van der Waals surface area contributed by atoms with E-state index in [1.807, 2.05) is 0 Å². The molecule has 8 nitrogen and oxygen atoms in total. The number of benzene rings is 1. The first-order chi connectivity index (χ1) is 16.9. The minimum absolute atomic E-state index is 0.0575. The standard InChI is InChI=1S/C24H27Cl2FN4O4/c1-13-22(26)17(25)6-19(23(13)27)30-24-16-5-20(32-2)21(7-18(16)28-12-29-24)35-11-15-8-31-3-4-33-9-14(31)10-34-15/h5-7,12-15,22H,3-4,8-11H2,1-2H3,(H,28,29,30)/t13?,14-,15+,22?/m0/s1. The van der Waals surface area contributed by atoms with Gasteiger partial charge in [-0.25, -0.2) is 14.4 Å². The lowest BCUT2D eigenvalue weighted by atomic mass is 9.99. The van der Waals surface area contributed by atoms with E-state index in [4.69, 9.17) is 42.1 Å².